The number of benzene rings is 1. The third kappa shape index (κ3) is 7.56. The van der Waals surface area contributed by atoms with Crippen molar-refractivity contribution in [3.63, 3.8) is 0 Å². The molecule has 0 N–H and O–H groups in total. The molecule has 1 aromatic carbocycles. The summed E-state index contributed by atoms with van der Waals surface area (Å²) in [4.78, 5) is 38.3. The molecule has 0 fully saturated rings. The Morgan fingerprint density at radius 3 is 2.48 bits per heavy atom. The van der Waals surface area contributed by atoms with Crippen molar-refractivity contribution < 1.29 is 51.6 Å². The van der Waals surface area contributed by atoms with E-state index >= 15 is 0 Å². The van der Waals surface area contributed by atoms with Crippen LogP contribution in [-0.4, -0.2) is 48.5 Å². The molecule has 1 heterocycles. The molecule has 2 unspecified atom stereocenters. The van der Waals surface area contributed by atoms with Gasteiger partial charge in [-0.1, -0.05) is 23.2 Å². The summed E-state index contributed by atoms with van der Waals surface area (Å²) in [6, 6.07) is 2.42. The fraction of sp³-hybridized carbons (Fsp3) is 0.444. The number of ether oxygens (including phenoxy) is 4. The van der Waals surface area contributed by atoms with E-state index in [0.717, 1.165) is 13.0 Å². The van der Waals surface area contributed by atoms with Gasteiger partial charge in [-0.05, 0) is 25.1 Å². The van der Waals surface area contributed by atoms with Crippen molar-refractivity contribution in [1.82, 2.24) is 0 Å². The van der Waals surface area contributed by atoms with Crippen LogP contribution in [0.15, 0.2) is 17.7 Å². The predicted octanol–water partition coefficient (Wildman–Crippen LogP) is 4.73. The molecule has 3 atom stereocenters. The minimum Gasteiger partial charge on any atom is -0.474 e. The van der Waals surface area contributed by atoms with Crippen LogP contribution in [0.25, 0.3) is 6.08 Å². The average Bonchev–Trinajstić information content (AvgIpc) is 2.65. The first-order valence-electron chi connectivity index (χ1n) is 9.07. The summed E-state index contributed by atoms with van der Waals surface area (Å²) in [5, 5.41) is 8.95. The zero-order chi connectivity index (χ0) is 24.9. The van der Waals surface area contributed by atoms with Crippen molar-refractivity contribution in [3.05, 3.63) is 43.4 Å². The van der Waals surface area contributed by atoms with E-state index in [1.54, 1.807) is 0 Å². The molecule has 0 aromatic heterocycles. The Bertz CT molecular complexity index is 955. The number of fused-ring (bicyclic) bond motifs is 1. The van der Waals surface area contributed by atoms with E-state index in [1.807, 2.05) is 0 Å². The van der Waals surface area contributed by atoms with E-state index in [9.17, 15) is 32.9 Å². The lowest BCUT2D eigenvalue weighted by atomic mass is 10.0. The van der Waals surface area contributed by atoms with E-state index in [2.05, 4.69) is 9.57 Å². The first-order valence-corrected chi connectivity index (χ1v) is 9.83. The van der Waals surface area contributed by atoms with Crippen molar-refractivity contribution in [1.29, 1.82) is 0 Å². The van der Waals surface area contributed by atoms with E-state index in [-0.39, 0.29) is 34.4 Å². The van der Waals surface area contributed by atoms with E-state index in [1.165, 1.54) is 19.1 Å². The lowest BCUT2D eigenvalue weighted by molar-refractivity contribution is -0.758. The number of carbonyl (C=O) groups is 2. The highest BCUT2D eigenvalue weighted by Crippen LogP contribution is 2.42. The molecule has 182 valence electrons. The van der Waals surface area contributed by atoms with Crippen LogP contribution in [0.5, 0.6) is 5.75 Å². The van der Waals surface area contributed by atoms with E-state index < -0.39 is 47.5 Å². The number of rotatable bonds is 8. The SMILES string of the molecule is CC(OC(=O)O[C@@H](C)CCO[N+](=O)[O-])OC(=O)C1=Cc2cc(Cl)cc(Cl)c2OC1C(F)(F)F. The smallest absolute Gasteiger partial charge is 0.474 e. The number of nitrogens with zero attached hydrogens (tertiary/aromatic N) is 1. The quantitative estimate of drug-likeness (QED) is 0.208. The van der Waals surface area contributed by atoms with Gasteiger partial charge in [-0.2, -0.15) is 13.2 Å². The molecule has 33 heavy (non-hydrogen) atoms. The number of alkyl halides is 3. The first-order chi connectivity index (χ1) is 15.3. The zero-order valence-corrected chi connectivity index (χ0v) is 18.4. The van der Waals surface area contributed by atoms with Gasteiger partial charge in [0.05, 0.1) is 17.2 Å². The van der Waals surface area contributed by atoms with Gasteiger partial charge >= 0.3 is 18.3 Å². The fourth-order valence-corrected chi connectivity index (χ4v) is 3.12. The summed E-state index contributed by atoms with van der Waals surface area (Å²) in [6.07, 6.45) is -10.7. The normalized spacial score (nSPS) is 16.9. The topological polar surface area (TPSA) is 123 Å². The summed E-state index contributed by atoms with van der Waals surface area (Å²) in [5.74, 6) is -1.80. The van der Waals surface area contributed by atoms with Crippen LogP contribution in [0, 0.1) is 10.1 Å². The molecular formula is C18H16Cl2F3NO9. The maximum Gasteiger partial charge on any atom is 0.511 e. The third-order valence-corrected chi connectivity index (χ3v) is 4.45. The minimum atomic E-state index is -5.00. The Kier molecular flexibility index (Phi) is 8.61. The molecule has 2 rings (SSSR count). The molecule has 0 saturated heterocycles. The Balaban J connectivity index is 2.06. The monoisotopic (exact) mass is 517 g/mol. The van der Waals surface area contributed by atoms with Crippen LogP contribution in [0.2, 0.25) is 10.0 Å². The van der Waals surface area contributed by atoms with Crippen LogP contribution in [-0.2, 0) is 23.8 Å². The molecule has 0 radical (unpaired) electrons. The van der Waals surface area contributed by atoms with Crippen LogP contribution >= 0.6 is 23.2 Å². The van der Waals surface area contributed by atoms with Crippen molar-refractivity contribution in [2.75, 3.05) is 6.61 Å². The van der Waals surface area contributed by atoms with Gasteiger partial charge in [-0.25, -0.2) is 9.59 Å². The summed E-state index contributed by atoms with van der Waals surface area (Å²) in [7, 11) is 0. The van der Waals surface area contributed by atoms with Crippen molar-refractivity contribution >= 4 is 41.4 Å². The number of carbonyl (C=O) groups excluding carboxylic acids is 2. The molecule has 1 aliphatic heterocycles. The molecule has 0 aliphatic carbocycles. The highest BCUT2D eigenvalue weighted by atomic mass is 35.5. The Morgan fingerprint density at radius 2 is 1.88 bits per heavy atom. The summed E-state index contributed by atoms with van der Waals surface area (Å²) >= 11 is 11.7. The molecule has 0 saturated carbocycles. The Hall–Kier alpha value is -2.93. The number of halogens is 5. The van der Waals surface area contributed by atoms with Gasteiger partial charge in [0.25, 0.3) is 5.09 Å². The third-order valence-electron chi connectivity index (χ3n) is 3.95. The Morgan fingerprint density at radius 1 is 1.21 bits per heavy atom. The standard InChI is InChI=1S/C18H16Cl2F3NO9/c1-8(3-4-29-24(27)28)30-17(26)32-9(2)31-16(25)12-6-10-5-11(19)7-13(20)14(10)33-15(12)18(21,22)23/h5-9,15H,3-4H2,1-2H3/t8-,9?,15?/m0/s1. The maximum absolute atomic E-state index is 13.5. The summed E-state index contributed by atoms with van der Waals surface area (Å²) in [5.41, 5.74) is -0.916. The van der Waals surface area contributed by atoms with Gasteiger partial charge in [0.1, 0.15) is 11.9 Å². The largest absolute Gasteiger partial charge is 0.511 e. The lowest BCUT2D eigenvalue weighted by Crippen LogP contribution is -2.41. The van der Waals surface area contributed by atoms with Gasteiger partial charge in [0.2, 0.25) is 12.4 Å². The van der Waals surface area contributed by atoms with Gasteiger partial charge in [-0.15, -0.1) is 10.1 Å². The predicted molar refractivity (Wildman–Crippen MR) is 105 cm³/mol. The molecule has 1 aromatic rings. The average molecular weight is 518 g/mol. The van der Waals surface area contributed by atoms with Crippen LogP contribution in [0.4, 0.5) is 18.0 Å². The van der Waals surface area contributed by atoms with E-state index in [4.69, 9.17) is 37.4 Å². The molecule has 0 bridgehead atoms. The van der Waals surface area contributed by atoms with Gasteiger partial charge in [-0.3, -0.25) is 0 Å². The lowest BCUT2D eigenvalue weighted by Gasteiger charge is -2.29. The molecule has 10 nitrogen and oxygen atoms in total. The summed E-state index contributed by atoms with van der Waals surface area (Å²) in [6.45, 7) is 2.09. The highest BCUT2D eigenvalue weighted by Gasteiger charge is 2.49. The second-order valence-corrected chi connectivity index (χ2v) is 7.40. The second kappa shape index (κ2) is 10.8. The van der Waals surface area contributed by atoms with Crippen LogP contribution in [0.1, 0.15) is 25.8 Å². The maximum atomic E-state index is 13.5. The Labute approximate surface area is 194 Å². The van der Waals surface area contributed by atoms with Crippen LogP contribution < -0.4 is 4.74 Å². The second-order valence-electron chi connectivity index (χ2n) is 6.56. The molecule has 1 aliphatic rings. The van der Waals surface area contributed by atoms with Gasteiger partial charge in [0.15, 0.2) is 0 Å². The van der Waals surface area contributed by atoms with Gasteiger partial charge < -0.3 is 23.8 Å². The van der Waals surface area contributed by atoms with Gasteiger partial charge in [0, 0.05) is 23.9 Å². The molecule has 0 amide bonds. The molecule has 15 heteroatoms. The number of hydrogen-bond acceptors (Lipinski definition) is 9. The highest BCUT2D eigenvalue weighted by molar-refractivity contribution is 6.36. The van der Waals surface area contributed by atoms with E-state index in [0.29, 0.717) is 0 Å². The molecular weight excluding hydrogens is 502 g/mol. The minimum absolute atomic E-state index is 0.0127. The van der Waals surface area contributed by atoms with Crippen molar-refractivity contribution in [2.24, 2.45) is 0 Å². The molecule has 0 spiro atoms. The zero-order valence-electron chi connectivity index (χ0n) is 16.9. The van der Waals surface area contributed by atoms with Crippen molar-refractivity contribution in [3.8, 4) is 5.75 Å². The number of hydrogen-bond donors (Lipinski definition) is 0. The van der Waals surface area contributed by atoms with Crippen molar-refractivity contribution in [2.45, 2.75) is 44.9 Å². The first kappa shape index (κ1) is 26.3. The summed E-state index contributed by atoms with van der Waals surface area (Å²) < 4.78 is 59.6. The van der Waals surface area contributed by atoms with Crippen LogP contribution in [0.3, 0.4) is 0 Å². The number of esters is 1. The fourth-order valence-electron chi connectivity index (χ4n) is 2.57.